The van der Waals surface area contributed by atoms with E-state index >= 15 is 0 Å². The van der Waals surface area contributed by atoms with Crippen molar-refractivity contribution in [2.45, 2.75) is 85.1 Å². The number of esters is 1. The minimum atomic E-state index is -1.10. The lowest BCUT2D eigenvalue weighted by atomic mass is 9.76. The van der Waals surface area contributed by atoms with Crippen LogP contribution >= 0.6 is 15.9 Å². The SMILES string of the molecule is COc1c(C)c2c(c(C(C)(C)C)c1CC=C(C)C(CCCBr)CC(=O)O)C(=O)OC2O[Si](C)C. The molecule has 2 atom stereocenters. The number of allylic oxidation sites excluding steroid dienone is 2. The summed E-state index contributed by atoms with van der Waals surface area (Å²) in [5.74, 6) is -0.458. The van der Waals surface area contributed by atoms with E-state index in [2.05, 4.69) is 42.8 Å². The normalized spacial score (nSPS) is 17.1. The van der Waals surface area contributed by atoms with Gasteiger partial charge in [0.15, 0.2) is 0 Å². The minimum absolute atomic E-state index is 0.0351. The fourth-order valence-electron chi connectivity index (χ4n) is 4.71. The average Bonchev–Trinajstić information content (AvgIpc) is 3.03. The molecule has 0 spiro atoms. The summed E-state index contributed by atoms with van der Waals surface area (Å²) in [6.45, 7) is 14.2. The molecular weight excluding hydrogens is 516 g/mol. The third kappa shape index (κ3) is 6.52. The molecule has 34 heavy (non-hydrogen) atoms. The maximum atomic E-state index is 13.1. The van der Waals surface area contributed by atoms with Crippen LogP contribution < -0.4 is 4.74 Å². The molecule has 1 aromatic carbocycles. The molecule has 1 aromatic rings. The van der Waals surface area contributed by atoms with E-state index in [0.29, 0.717) is 12.0 Å². The van der Waals surface area contributed by atoms with Crippen LogP contribution in [-0.4, -0.2) is 38.5 Å². The molecule has 6 nitrogen and oxygen atoms in total. The van der Waals surface area contributed by atoms with Crippen molar-refractivity contribution in [3.8, 4) is 5.75 Å². The highest BCUT2D eigenvalue weighted by Gasteiger charge is 2.42. The third-order valence-corrected chi connectivity index (χ3v) is 7.42. The lowest BCUT2D eigenvalue weighted by Gasteiger charge is -2.28. The van der Waals surface area contributed by atoms with Gasteiger partial charge in [0.05, 0.1) is 19.1 Å². The summed E-state index contributed by atoms with van der Waals surface area (Å²) < 4.78 is 17.6. The number of hydrogen-bond donors (Lipinski definition) is 1. The van der Waals surface area contributed by atoms with E-state index in [0.717, 1.165) is 51.7 Å². The lowest BCUT2D eigenvalue weighted by Crippen LogP contribution is -2.21. The number of hydrogen-bond acceptors (Lipinski definition) is 5. The maximum Gasteiger partial charge on any atom is 0.341 e. The summed E-state index contributed by atoms with van der Waals surface area (Å²) >= 11 is 3.45. The van der Waals surface area contributed by atoms with Gasteiger partial charge in [-0.2, -0.15) is 0 Å². The summed E-state index contributed by atoms with van der Waals surface area (Å²) in [5, 5.41) is 10.2. The Balaban J connectivity index is 2.66. The molecule has 2 unspecified atom stereocenters. The summed E-state index contributed by atoms with van der Waals surface area (Å²) in [4.78, 5) is 24.5. The predicted octanol–water partition coefficient (Wildman–Crippen LogP) is 6.49. The molecule has 0 saturated heterocycles. The molecule has 1 radical (unpaired) electrons. The Hall–Kier alpha value is -1.64. The Kier molecular flexibility index (Phi) is 9.98. The molecule has 0 saturated carbocycles. The van der Waals surface area contributed by atoms with Crippen LogP contribution in [0.5, 0.6) is 5.75 Å². The van der Waals surface area contributed by atoms with E-state index in [1.54, 1.807) is 7.11 Å². The van der Waals surface area contributed by atoms with Crippen LogP contribution in [0.4, 0.5) is 0 Å². The molecular formula is C26H38BrO6Si. The van der Waals surface area contributed by atoms with Crippen LogP contribution in [-0.2, 0) is 25.8 Å². The number of carboxylic acids is 1. The molecule has 1 aliphatic heterocycles. The number of carboxylic acid groups (broad SMARTS) is 1. The second-order valence-electron chi connectivity index (χ2n) is 10.1. The number of carbonyl (C=O) groups is 2. The van der Waals surface area contributed by atoms with Crippen molar-refractivity contribution < 1.29 is 28.6 Å². The summed E-state index contributed by atoms with van der Waals surface area (Å²) in [6, 6.07) is 0. The number of ether oxygens (including phenoxy) is 2. The maximum absolute atomic E-state index is 13.1. The van der Waals surface area contributed by atoms with Crippen LogP contribution in [0.25, 0.3) is 0 Å². The number of cyclic esters (lactones) is 1. The molecule has 2 rings (SSSR count). The van der Waals surface area contributed by atoms with Gasteiger partial charge in [-0.1, -0.05) is 48.4 Å². The largest absolute Gasteiger partial charge is 0.496 e. The summed E-state index contributed by atoms with van der Waals surface area (Å²) in [7, 11) is 0.543. The molecule has 1 heterocycles. The van der Waals surface area contributed by atoms with Crippen LogP contribution in [0.15, 0.2) is 11.6 Å². The van der Waals surface area contributed by atoms with Gasteiger partial charge in [0.25, 0.3) is 0 Å². The first-order chi connectivity index (χ1) is 15.8. The number of carbonyl (C=O) groups excluding carboxylic acids is 1. The molecule has 0 fully saturated rings. The fourth-order valence-corrected chi connectivity index (χ4v) is 5.63. The zero-order valence-electron chi connectivity index (χ0n) is 21.6. The third-order valence-electron chi connectivity index (χ3n) is 6.17. The monoisotopic (exact) mass is 553 g/mol. The molecule has 8 heteroatoms. The minimum Gasteiger partial charge on any atom is -0.496 e. The van der Waals surface area contributed by atoms with Gasteiger partial charge in [-0.05, 0) is 63.1 Å². The highest BCUT2D eigenvalue weighted by molar-refractivity contribution is 9.09. The van der Waals surface area contributed by atoms with Crippen LogP contribution in [0, 0.1) is 12.8 Å². The van der Waals surface area contributed by atoms with Gasteiger partial charge in [0.2, 0.25) is 15.3 Å². The highest BCUT2D eigenvalue weighted by atomic mass is 79.9. The second-order valence-corrected chi connectivity index (χ2v) is 12.9. The number of rotatable bonds is 11. The summed E-state index contributed by atoms with van der Waals surface area (Å²) in [6.07, 6.45) is 3.73. The zero-order valence-corrected chi connectivity index (χ0v) is 24.2. The smallest absolute Gasteiger partial charge is 0.341 e. The fraction of sp³-hybridized carbons (Fsp3) is 0.615. The average molecular weight is 555 g/mol. The van der Waals surface area contributed by atoms with Gasteiger partial charge in [-0.15, -0.1) is 0 Å². The quantitative estimate of drug-likeness (QED) is 0.146. The summed E-state index contributed by atoms with van der Waals surface area (Å²) in [5.41, 5.74) is 4.74. The first-order valence-corrected chi connectivity index (χ1v) is 15.2. The highest BCUT2D eigenvalue weighted by Crippen LogP contribution is 2.47. The standard InChI is InChI=1S/C26H38BrO6Si/c1-15(17(10-9-13-27)14-19(28)29)11-12-18-22(26(3,4)5)21-20(16(2)23(18)31-6)25(32-24(21)30)33-34(7)8/h11,17,25H,9-10,12-14H2,1-8H3,(H,28,29). The van der Waals surface area contributed by atoms with Crippen LogP contribution in [0.1, 0.15) is 85.9 Å². The van der Waals surface area contributed by atoms with Gasteiger partial charge >= 0.3 is 11.9 Å². The number of fused-ring (bicyclic) bond motifs is 1. The molecule has 0 amide bonds. The van der Waals surface area contributed by atoms with E-state index in [4.69, 9.17) is 13.9 Å². The molecule has 189 valence electrons. The number of benzene rings is 1. The topological polar surface area (TPSA) is 82.1 Å². The molecule has 0 bridgehead atoms. The van der Waals surface area contributed by atoms with Crippen molar-refractivity contribution in [1.82, 2.24) is 0 Å². The van der Waals surface area contributed by atoms with Crippen molar-refractivity contribution in [1.29, 1.82) is 0 Å². The van der Waals surface area contributed by atoms with Gasteiger partial charge in [-0.25, -0.2) is 4.79 Å². The van der Waals surface area contributed by atoms with E-state index < -0.39 is 21.3 Å². The van der Waals surface area contributed by atoms with Gasteiger partial charge < -0.3 is 19.0 Å². The Morgan fingerprint density at radius 1 is 1.32 bits per heavy atom. The molecule has 1 N–H and O–H groups in total. The number of halogens is 1. The second kappa shape index (κ2) is 11.9. The van der Waals surface area contributed by atoms with Gasteiger partial charge in [0.1, 0.15) is 5.75 Å². The van der Waals surface area contributed by atoms with Crippen molar-refractivity contribution in [2.24, 2.45) is 5.92 Å². The van der Waals surface area contributed by atoms with E-state index in [1.165, 1.54) is 0 Å². The van der Waals surface area contributed by atoms with Crippen molar-refractivity contribution >= 4 is 36.9 Å². The Morgan fingerprint density at radius 3 is 2.47 bits per heavy atom. The first-order valence-electron chi connectivity index (χ1n) is 11.7. The van der Waals surface area contributed by atoms with E-state index in [1.807, 2.05) is 26.9 Å². The van der Waals surface area contributed by atoms with Crippen molar-refractivity contribution in [3.63, 3.8) is 0 Å². The molecule has 1 aliphatic rings. The van der Waals surface area contributed by atoms with Crippen LogP contribution in [0.2, 0.25) is 13.1 Å². The lowest BCUT2D eigenvalue weighted by molar-refractivity contribution is -0.137. The zero-order chi connectivity index (χ0) is 25.8. The van der Waals surface area contributed by atoms with E-state index in [-0.39, 0.29) is 23.7 Å². The van der Waals surface area contributed by atoms with Crippen molar-refractivity contribution in [3.05, 3.63) is 39.5 Å². The van der Waals surface area contributed by atoms with Crippen molar-refractivity contribution in [2.75, 3.05) is 12.4 Å². The number of aliphatic carboxylic acids is 1. The number of alkyl halides is 1. The van der Waals surface area contributed by atoms with Gasteiger partial charge in [-0.3, -0.25) is 4.79 Å². The van der Waals surface area contributed by atoms with E-state index in [9.17, 15) is 14.7 Å². The molecule has 0 aromatic heterocycles. The predicted molar refractivity (Wildman–Crippen MR) is 139 cm³/mol. The number of methoxy groups -OCH3 is 1. The Morgan fingerprint density at radius 2 is 1.97 bits per heavy atom. The van der Waals surface area contributed by atoms with Crippen LogP contribution in [0.3, 0.4) is 0 Å². The Bertz CT molecular complexity index is 948. The first kappa shape index (κ1) is 28.6. The Labute approximate surface area is 213 Å². The molecule has 0 aliphatic carbocycles. The van der Waals surface area contributed by atoms with Gasteiger partial charge in [0, 0.05) is 22.0 Å².